The molecule has 0 spiro atoms. The lowest BCUT2D eigenvalue weighted by Crippen LogP contribution is -2.45. The number of anilines is 1. The number of imide groups is 1. The summed E-state index contributed by atoms with van der Waals surface area (Å²) in [6.07, 6.45) is 3.42. The number of amides is 4. The molecule has 2 rings (SSSR count). The van der Waals surface area contributed by atoms with Crippen molar-refractivity contribution in [3.63, 3.8) is 0 Å². The summed E-state index contributed by atoms with van der Waals surface area (Å²) in [5.41, 5.74) is 1.82. The lowest BCUT2D eigenvalue weighted by Gasteiger charge is -2.24. The first-order valence-corrected chi connectivity index (χ1v) is 15.4. The number of Topliss-reactive ketones (excluding diaryl/α,β-unsaturated/α-hetero) is 1. The van der Waals surface area contributed by atoms with Gasteiger partial charge in [0.25, 0.3) is 0 Å². The topological polar surface area (TPSA) is 113 Å². The number of nitrogens with zero attached hydrogens (tertiary/aromatic N) is 1. The number of carbonyl (C=O) groups excluding carboxylic acids is 5. The summed E-state index contributed by atoms with van der Waals surface area (Å²) in [6, 6.07) is 7.12. The number of hydrogen-bond acceptors (Lipinski definition) is 5. The number of rotatable bonds is 14. The van der Waals surface area contributed by atoms with Crippen LogP contribution in [0.1, 0.15) is 106 Å². The fourth-order valence-electron chi connectivity index (χ4n) is 5.30. The quantitative estimate of drug-likeness (QED) is 0.208. The van der Waals surface area contributed by atoms with Crippen molar-refractivity contribution in [2.75, 3.05) is 11.9 Å². The van der Waals surface area contributed by atoms with Gasteiger partial charge in [0, 0.05) is 37.4 Å². The average molecular weight is 584 g/mol. The predicted molar refractivity (Wildman–Crippen MR) is 167 cm³/mol. The van der Waals surface area contributed by atoms with Crippen LogP contribution in [0.25, 0.3) is 0 Å². The molecule has 0 saturated carbocycles. The Labute approximate surface area is 252 Å². The van der Waals surface area contributed by atoms with E-state index in [4.69, 9.17) is 0 Å². The van der Waals surface area contributed by atoms with Crippen molar-refractivity contribution in [3.8, 4) is 0 Å². The van der Waals surface area contributed by atoms with Crippen LogP contribution in [0.5, 0.6) is 0 Å². The molecule has 8 nitrogen and oxygen atoms in total. The highest BCUT2D eigenvalue weighted by atomic mass is 16.2. The minimum absolute atomic E-state index is 0.0323. The zero-order valence-electron chi connectivity index (χ0n) is 27.3. The van der Waals surface area contributed by atoms with Crippen molar-refractivity contribution in [2.45, 2.75) is 113 Å². The number of nitrogens with one attached hydrogen (secondary N) is 2. The molecule has 0 aromatic heterocycles. The van der Waals surface area contributed by atoms with Gasteiger partial charge in [0.15, 0.2) is 5.78 Å². The van der Waals surface area contributed by atoms with E-state index < -0.39 is 12.0 Å². The first-order valence-electron chi connectivity index (χ1n) is 15.4. The van der Waals surface area contributed by atoms with Crippen molar-refractivity contribution in [1.29, 1.82) is 0 Å². The van der Waals surface area contributed by atoms with Gasteiger partial charge in [-0.3, -0.25) is 28.9 Å². The van der Waals surface area contributed by atoms with Gasteiger partial charge in [0.2, 0.25) is 23.6 Å². The molecule has 0 radical (unpaired) electrons. The Morgan fingerprint density at radius 2 is 1.55 bits per heavy atom. The fourth-order valence-corrected chi connectivity index (χ4v) is 5.30. The molecule has 1 aromatic carbocycles. The minimum Gasteiger partial charge on any atom is -0.346 e. The van der Waals surface area contributed by atoms with E-state index in [1.807, 2.05) is 58.9 Å². The van der Waals surface area contributed by atoms with Crippen LogP contribution in [-0.4, -0.2) is 46.9 Å². The molecule has 234 valence electrons. The Bertz CT molecular complexity index is 1110. The predicted octanol–water partition coefficient (Wildman–Crippen LogP) is 5.93. The van der Waals surface area contributed by atoms with Crippen LogP contribution in [0.4, 0.5) is 5.69 Å². The highest BCUT2D eigenvalue weighted by Crippen LogP contribution is 2.35. The Hall–Kier alpha value is -3.03. The third kappa shape index (κ3) is 11.0. The van der Waals surface area contributed by atoms with Gasteiger partial charge in [0.05, 0.1) is 12.0 Å². The second kappa shape index (κ2) is 14.9. The highest BCUT2D eigenvalue weighted by molar-refractivity contribution is 6.03. The highest BCUT2D eigenvalue weighted by Gasteiger charge is 2.44. The smallest absolute Gasteiger partial charge is 0.233 e. The molecule has 1 aliphatic heterocycles. The van der Waals surface area contributed by atoms with E-state index in [2.05, 4.69) is 31.4 Å². The Morgan fingerprint density at radius 3 is 2.07 bits per heavy atom. The summed E-state index contributed by atoms with van der Waals surface area (Å²) < 4.78 is 0. The second-order valence-electron chi connectivity index (χ2n) is 14.6. The van der Waals surface area contributed by atoms with E-state index in [-0.39, 0.29) is 71.3 Å². The van der Waals surface area contributed by atoms with Gasteiger partial charge in [-0.1, -0.05) is 80.9 Å². The molecule has 1 saturated heterocycles. The number of ketones is 1. The lowest BCUT2D eigenvalue weighted by molar-refractivity contribution is -0.140. The van der Waals surface area contributed by atoms with Gasteiger partial charge in [0.1, 0.15) is 0 Å². The third-order valence-corrected chi connectivity index (χ3v) is 7.82. The maximum Gasteiger partial charge on any atom is 0.233 e. The zero-order chi connectivity index (χ0) is 31.8. The van der Waals surface area contributed by atoms with Crippen molar-refractivity contribution in [1.82, 2.24) is 10.2 Å². The van der Waals surface area contributed by atoms with Crippen LogP contribution in [0.15, 0.2) is 24.3 Å². The molecule has 8 heteroatoms. The van der Waals surface area contributed by atoms with Crippen LogP contribution in [-0.2, 0) is 30.4 Å². The summed E-state index contributed by atoms with van der Waals surface area (Å²) in [4.78, 5) is 64.8. The van der Waals surface area contributed by atoms with E-state index in [0.29, 0.717) is 31.5 Å². The van der Waals surface area contributed by atoms with Crippen LogP contribution in [0.3, 0.4) is 0 Å². The zero-order valence-corrected chi connectivity index (χ0v) is 27.3. The van der Waals surface area contributed by atoms with Crippen molar-refractivity contribution >= 4 is 35.1 Å². The van der Waals surface area contributed by atoms with Crippen LogP contribution >= 0.6 is 0 Å². The maximum absolute atomic E-state index is 13.1. The molecule has 0 bridgehead atoms. The van der Waals surface area contributed by atoms with E-state index in [9.17, 15) is 24.0 Å². The third-order valence-electron chi connectivity index (χ3n) is 7.82. The first-order chi connectivity index (χ1) is 19.4. The summed E-state index contributed by atoms with van der Waals surface area (Å²) in [6.45, 7) is 18.3. The number of likely N-dealkylation sites (tertiary alicyclic amines) is 1. The van der Waals surface area contributed by atoms with Gasteiger partial charge in [-0.15, -0.1) is 0 Å². The summed E-state index contributed by atoms with van der Waals surface area (Å²) in [7, 11) is 0. The lowest BCUT2D eigenvalue weighted by atomic mass is 9.80. The normalized spacial score (nSPS) is 17.4. The standard InChI is InChI=1S/C34H53N3O5/c1-22(2)30(27(38)19-23(3)31(41)35-25-16-14-24(15-17-25)21-33(4,5)6)36-28(39)13-11-10-12-18-37-29(40)20-26(32(37)42)34(7,8)9/h14-17,22-23,26,30H,10-13,18-21H2,1-9H3,(H,35,41)(H,36,39)/t23-,26?,30+/m1/s1. The largest absolute Gasteiger partial charge is 0.346 e. The molecule has 4 amide bonds. The number of hydrogen-bond donors (Lipinski definition) is 2. The molecule has 1 aromatic rings. The van der Waals surface area contributed by atoms with E-state index in [0.717, 1.165) is 6.42 Å². The molecule has 1 aliphatic rings. The summed E-state index contributed by atoms with van der Waals surface area (Å²) in [5.74, 6) is -1.76. The Morgan fingerprint density at radius 1 is 0.929 bits per heavy atom. The molecular weight excluding hydrogens is 530 g/mol. The van der Waals surface area contributed by atoms with E-state index in [1.54, 1.807) is 6.92 Å². The number of benzene rings is 1. The van der Waals surface area contributed by atoms with Gasteiger partial charge in [-0.05, 0) is 53.7 Å². The Kier molecular flexibility index (Phi) is 12.5. The number of carbonyl (C=O) groups is 5. The average Bonchev–Trinajstić information content (AvgIpc) is 3.15. The van der Waals surface area contributed by atoms with Crippen LogP contribution < -0.4 is 10.6 Å². The van der Waals surface area contributed by atoms with E-state index >= 15 is 0 Å². The molecule has 1 heterocycles. The molecule has 42 heavy (non-hydrogen) atoms. The Balaban J connectivity index is 1.77. The molecular formula is C34H53N3O5. The van der Waals surface area contributed by atoms with Gasteiger partial charge in [-0.25, -0.2) is 0 Å². The SMILES string of the molecule is CC(C)[C@H](NC(=O)CCCCCN1C(=O)CC(C(C)(C)C)C1=O)C(=O)C[C@@H](C)C(=O)Nc1ccc(CC(C)(C)C)cc1. The van der Waals surface area contributed by atoms with Crippen molar-refractivity contribution < 1.29 is 24.0 Å². The molecule has 0 aliphatic carbocycles. The van der Waals surface area contributed by atoms with Gasteiger partial charge >= 0.3 is 0 Å². The van der Waals surface area contributed by atoms with Crippen LogP contribution in [0, 0.1) is 28.6 Å². The van der Waals surface area contributed by atoms with Gasteiger partial charge in [-0.2, -0.15) is 0 Å². The summed E-state index contributed by atoms with van der Waals surface area (Å²) in [5, 5.41) is 5.76. The molecule has 3 atom stereocenters. The molecule has 2 N–H and O–H groups in total. The second-order valence-corrected chi connectivity index (χ2v) is 14.6. The molecule has 1 unspecified atom stereocenters. The molecule has 1 fully saturated rings. The van der Waals surface area contributed by atoms with Crippen molar-refractivity contribution in [3.05, 3.63) is 29.8 Å². The maximum atomic E-state index is 13.1. The number of unbranched alkanes of at least 4 members (excludes halogenated alkanes) is 2. The van der Waals surface area contributed by atoms with Crippen LogP contribution in [0.2, 0.25) is 0 Å². The first kappa shape index (κ1) is 35.2. The summed E-state index contributed by atoms with van der Waals surface area (Å²) >= 11 is 0. The monoisotopic (exact) mass is 583 g/mol. The minimum atomic E-state index is -0.668. The van der Waals surface area contributed by atoms with E-state index in [1.165, 1.54) is 10.5 Å². The van der Waals surface area contributed by atoms with Crippen molar-refractivity contribution in [2.24, 2.45) is 28.6 Å². The fraction of sp³-hybridized carbons (Fsp3) is 0.676. The van der Waals surface area contributed by atoms with Gasteiger partial charge < -0.3 is 10.6 Å².